The first kappa shape index (κ1) is 23.0. The number of aliphatic carboxylic acids is 1. The summed E-state index contributed by atoms with van der Waals surface area (Å²) in [6.07, 6.45) is 1.51. The molecule has 3 rings (SSSR count). The lowest BCUT2D eigenvalue weighted by atomic mass is 10.1. The lowest BCUT2D eigenvalue weighted by Crippen LogP contribution is -2.00. The highest BCUT2D eigenvalue weighted by molar-refractivity contribution is 8.04. The van der Waals surface area contributed by atoms with Crippen molar-refractivity contribution in [3.05, 3.63) is 46.9 Å². The average molecular weight is 458 g/mol. The zero-order chi connectivity index (χ0) is 23.1. The minimum atomic E-state index is -1.12. The molecule has 0 atom stereocenters. The number of carboxylic acid groups (broad SMARTS) is 1. The Kier molecular flexibility index (Phi) is 7.61. The molecule has 168 valence electrons. The fourth-order valence-electron chi connectivity index (χ4n) is 2.85. The van der Waals surface area contributed by atoms with Crippen LogP contribution in [0.2, 0.25) is 0 Å². The summed E-state index contributed by atoms with van der Waals surface area (Å²) in [5.41, 5.74) is 1.26. The molecule has 2 aromatic carbocycles. The molecule has 9 nitrogen and oxygen atoms in total. The molecule has 0 aliphatic rings. The summed E-state index contributed by atoms with van der Waals surface area (Å²) in [5.74, 6) is 1.51. The number of H-pyrrole nitrogens is 1. The van der Waals surface area contributed by atoms with Crippen molar-refractivity contribution in [3.63, 3.8) is 0 Å². The monoisotopic (exact) mass is 457 g/mol. The van der Waals surface area contributed by atoms with Crippen molar-refractivity contribution in [3.8, 4) is 34.4 Å². The SMILES string of the molecule is CCOc1c(/C=C(\Sc2n[nH]c(-c3cc(OC)cc(OC)c3)n2)C(=O)O)cccc1OC. The summed E-state index contributed by atoms with van der Waals surface area (Å²) in [6, 6.07) is 10.6. The van der Waals surface area contributed by atoms with E-state index in [1.165, 1.54) is 13.2 Å². The third-order valence-corrected chi connectivity index (χ3v) is 5.18. The van der Waals surface area contributed by atoms with Crippen LogP contribution >= 0.6 is 11.8 Å². The van der Waals surface area contributed by atoms with Crippen molar-refractivity contribution < 1.29 is 28.8 Å². The topological polar surface area (TPSA) is 116 Å². The van der Waals surface area contributed by atoms with Crippen LogP contribution in [-0.4, -0.2) is 54.2 Å². The molecule has 10 heteroatoms. The zero-order valence-electron chi connectivity index (χ0n) is 18.0. The molecule has 0 spiro atoms. The van der Waals surface area contributed by atoms with Gasteiger partial charge in [-0.05, 0) is 43.0 Å². The van der Waals surface area contributed by atoms with Gasteiger partial charge >= 0.3 is 5.97 Å². The van der Waals surface area contributed by atoms with E-state index in [1.54, 1.807) is 50.6 Å². The van der Waals surface area contributed by atoms with E-state index in [1.807, 2.05) is 6.92 Å². The Morgan fingerprint density at radius 2 is 1.84 bits per heavy atom. The van der Waals surface area contributed by atoms with Crippen LogP contribution < -0.4 is 18.9 Å². The fourth-order valence-corrected chi connectivity index (χ4v) is 3.54. The first-order valence-electron chi connectivity index (χ1n) is 9.57. The van der Waals surface area contributed by atoms with E-state index >= 15 is 0 Å². The third kappa shape index (κ3) is 5.33. The number of ether oxygens (including phenoxy) is 4. The van der Waals surface area contributed by atoms with Gasteiger partial charge in [-0.3, -0.25) is 5.10 Å². The van der Waals surface area contributed by atoms with Gasteiger partial charge in [-0.25, -0.2) is 9.78 Å². The number of nitrogens with one attached hydrogen (secondary N) is 1. The van der Waals surface area contributed by atoms with Crippen molar-refractivity contribution >= 4 is 23.8 Å². The Morgan fingerprint density at radius 1 is 1.12 bits per heavy atom. The summed E-state index contributed by atoms with van der Waals surface area (Å²) < 4.78 is 21.6. The van der Waals surface area contributed by atoms with Crippen LogP contribution in [0.4, 0.5) is 0 Å². The maximum Gasteiger partial charge on any atom is 0.342 e. The average Bonchev–Trinajstić information content (AvgIpc) is 3.28. The molecule has 3 aromatic rings. The Morgan fingerprint density at radius 3 is 2.44 bits per heavy atom. The lowest BCUT2D eigenvalue weighted by molar-refractivity contribution is -0.131. The van der Waals surface area contributed by atoms with Crippen LogP contribution in [0.3, 0.4) is 0 Å². The molecule has 0 saturated carbocycles. The Labute approximate surface area is 189 Å². The van der Waals surface area contributed by atoms with Crippen LogP contribution in [0.1, 0.15) is 12.5 Å². The number of hydrogen-bond donors (Lipinski definition) is 2. The number of rotatable bonds is 10. The van der Waals surface area contributed by atoms with E-state index in [0.717, 1.165) is 11.8 Å². The van der Waals surface area contributed by atoms with Gasteiger partial charge in [0, 0.05) is 17.2 Å². The second-order valence-corrected chi connectivity index (χ2v) is 7.30. The van der Waals surface area contributed by atoms with Gasteiger partial charge in [0.1, 0.15) is 16.4 Å². The molecule has 0 radical (unpaired) electrons. The van der Waals surface area contributed by atoms with Crippen molar-refractivity contribution in [2.75, 3.05) is 27.9 Å². The summed E-state index contributed by atoms with van der Waals surface area (Å²) >= 11 is 0.917. The minimum Gasteiger partial charge on any atom is -0.497 e. The summed E-state index contributed by atoms with van der Waals surface area (Å²) in [6.45, 7) is 2.25. The maximum absolute atomic E-state index is 11.9. The summed E-state index contributed by atoms with van der Waals surface area (Å²) in [7, 11) is 4.64. The van der Waals surface area contributed by atoms with Crippen LogP contribution in [0.25, 0.3) is 17.5 Å². The molecule has 32 heavy (non-hydrogen) atoms. The van der Waals surface area contributed by atoms with Gasteiger partial charge in [0.2, 0.25) is 5.16 Å². The molecule has 1 heterocycles. The number of carboxylic acids is 1. The Balaban J connectivity index is 1.93. The number of benzene rings is 2. The molecule has 0 aliphatic carbocycles. The molecule has 0 amide bonds. The van der Waals surface area contributed by atoms with E-state index in [9.17, 15) is 9.90 Å². The first-order chi connectivity index (χ1) is 15.5. The predicted octanol–water partition coefficient (Wildman–Crippen LogP) is 4.11. The Bertz CT molecular complexity index is 1110. The lowest BCUT2D eigenvalue weighted by Gasteiger charge is -2.12. The molecule has 2 N–H and O–H groups in total. The number of hydrogen-bond acceptors (Lipinski definition) is 8. The summed E-state index contributed by atoms with van der Waals surface area (Å²) in [4.78, 5) is 16.3. The molecule has 0 aliphatic heterocycles. The van der Waals surface area contributed by atoms with Crippen LogP contribution in [-0.2, 0) is 4.79 Å². The third-order valence-electron chi connectivity index (χ3n) is 4.31. The molecule has 0 saturated heterocycles. The minimum absolute atomic E-state index is 0.0213. The highest BCUT2D eigenvalue weighted by atomic mass is 32.2. The van der Waals surface area contributed by atoms with E-state index in [2.05, 4.69) is 15.2 Å². The largest absolute Gasteiger partial charge is 0.497 e. The van der Waals surface area contributed by atoms with Crippen molar-refractivity contribution in [1.82, 2.24) is 15.2 Å². The fraction of sp³-hybridized carbons (Fsp3) is 0.227. The van der Waals surface area contributed by atoms with Crippen molar-refractivity contribution in [1.29, 1.82) is 0 Å². The number of thioether (sulfide) groups is 1. The van der Waals surface area contributed by atoms with Gasteiger partial charge in [-0.1, -0.05) is 12.1 Å². The van der Waals surface area contributed by atoms with Crippen molar-refractivity contribution in [2.24, 2.45) is 0 Å². The first-order valence-corrected chi connectivity index (χ1v) is 10.4. The molecule has 0 unspecified atom stereocenters. The van der Waals surface area contributed by atoms with Crippen molar-refractivity contribution in [2.45, 2.75) is 12.1 Å². The highest BCUT2D eigenvalue weighted by Crippen LogP contribution is 2.35. The number of nitrogens with zero attached hydrogens (tertiary/aromatic N) is 2. The van der Waals surface area contributed by atoms with Gasteiger partial charge in [0.25, 0.3) is 0 Å². The second kappa shape index (κ2) is 10.6. The molecule has 1 aromatic heterocycles. The van der Waals surface area contributed by atoms with Crippen LogP contribution in [0.15, 0.2) is 46.5 Å². The van der Waals surface area contributed by atoms with E-state index in [-0.39, 0.29) is 10.1 Å². The molecule has 0 bridgehead atoms. The quantitative estimate of drug-likeness (QED) is 0.343. The number of methoxy groups -OCH3 is 3. The normalized spacial score (nSPS) is 11.2. The molecular formula is C22H23N3O6S. The molecule has 0 fully saturated rings. The maximum atomic E-state index is 11.9. The smallest absolute Gasteiger partial charge is 0.342 e. The Hall–Kier alpha value is -3.66. The van der Waals surface area contributed by atoms with Gasteiger partial charge < -0.3 is 24.1 Å². The van der Waals surface area contributed by atoms with Gasteiger partial charge in [0.15, 0.2) is 17.3 Å². The number of carbonyl (C=O) groups is 1. The van der Waals surface area contributed by atoms with Gasteiger partial charge in [-0.15, -0.1) is 5.10 Å². The number of aromatic nitrogens is 3. The van der Waals surface area contributed by atoms with Crippen LogP contribution in [0, 0.1) is 0 Å². The van der Waals surface area contributed by atoms with E-state index in [4.69, 9.17) is 18.9 Å². The molecular weight excluding hydrogens is 434 g/mol. The summed E-state index contributed by atoms with van der Waals surface area (Å²) in [5, 5.41) is 17.0. The van der Waals surface area contributed by atoms with Crippen LogP contribution in [0.5, 0.6) is 23.0 Å². The van der Waals surface area contributed by atoms with Gasteiger partial charge in [0.05, 0.1) is 27.9 Å². The van der Waals surface area contributed by atoms with E-state index in [0.29, 0.717) is 46.6 Å². The predicted molar refractivity (Wildman–Crippen MR) is 121 cm³/mol. The zero-order valence-corrected chi connectivity index (χ0v) is 18.9. The standard InChI is InChI=1S/C22H23N3O6S/c1-5-31-19-13(7-6-8-17(19)30-4)11-18(21(26)27)32-22-23-20(24-25-22)14-9-15(28-2)12-16(10-14)29-3/h6-12H,5H2,1-4H3,(H,26,27)(H,23,24,25)/b18-11-. The number of para-hydroxylation sites is 1. The van der Waals surface area contributed by atoms with E-state index < -0.39 is 5.97 Å². The second-order valence-electron chi connectivity index (χ2n) is 6.30. The number of aromatic amines is 1. The van der Waals surface area contributed by atoms with Gasteiger partial charge in [-0.2, -0.15) is 0 Å². The highest BCUT2D eigenvalue weighted by Gasteiger charge is 2.17.